The molecule has 0 atom stereocenters. The van der Waals surface area contributed by atoms with Gasteiger partial charge in [0, 0.05) is 41.8 Å². The van der Waals surface area contributed by atoms with E-state index in [0.717, 1.165) is 63.4 Å². The molecule has 5 aromatic heterocycles. The third-order valence-corrected chi connectivity index (χ3v) is 5.68. The summed E-state index contributed by atoms with van der Waals surface area (Å²) in [5.41, 5.74) is 5.65. The van der Waals surface area contributed by atoms with E-state index in [-0.39, 0.29) is 0 Å². The number of hydrogen-bond donors (Lipinski definition) is 3. The van der Waals surface area contributed by atoms with E-state index in [0.29, 0.717) is 0 Å². The second kappa shape index (κ2) is 6.44. The minimum Gasteiger partial charge on any atom is -0.356 e. The quantitative estimate of drug-likeness (QED) is 0.438. The highest BCUT2D eigenvalue weighted by Gasteiger charge is 2.18. The van der Waals surface area contributed by atoms with Gasteiger partial charge in [0.05, 0.1) is 34.8 Å². The zero-order valence-electron chi connectivity index (χ0n) is 15.8. The summed E-state index contributed by atoms with van der Waals surface area (Å²) in [4.78, 5) is 15.1. The molecule has 1 fully saturated rings. The van der Waals surface area contributed by atoms with E-state index in [1.807, 2.05) is 30.7 Å². The normalized spacial score (nSPS) is 14.8. The fourth-order valence-electron chi connectivity index (χ4n) is 4.20. The van der Waals surface area contributed by atoms with Crippen LogP contribution in [-0.4, -0.2) is 48.4 Å². The van der Waals surface area contributed by atoms with Crippen LogP contribution in [0.25, 0.3) is 44.5 Å². The van der Waals surface area contributed by atoms with Gasteiger partial charge in [-0.2, -0.15) is 10.2 Å². The van der Waals surface area contributed by atoms with Crippen LogP contribution in [0.4, 0.5) is 5.82 Å². The van der Waals surface area contributed by atoms with Crippen molar-refractivity contribution in [1.82, 2.24) is 35.3 Å². The lowest BCUT2D eigenvalue weighted by Crippen LogP contribution is -2.30. The van der Waals surface area contributed by atoms with E-state index in [9.17, 15) is 0 Å². The van der Waals surface area contributed by atoms with Crippen LogP contribution >= 0.6 is 0 Å². The fraction of sp³-hybridized carbons (Fsp3) is 0.238. The molecule has 0 radical (unpaired) electrons. The van der Waals surface area contributed by atoms with Crippen LogP contribution in [0.5, 0.6) is 0 Å². The van der Waals surface area contributed by atoms with Gasteiger partial charge in [-0.05, 0) is 37.5 Å². The van der Waals surface area contributed by atoms with Gasteiger partial charge in [-0.25, -0.2) is 4.98 Å². The van der Waals surface area contributed by atoms with Gasteiger partial charge in [0.2, 0.25) is 0 Å². The fourth-order valence-corrected chi connectivity index (χ4v) is 4.20. The maximum Gasteiger partial charge on any atom is 0.137 e. The molecule has 8 nitrogen and oxygen atoms in total. The lowest BCUT2D eigenvalue weighted by Gasteiger charge is -2.28. The van der Waals surface area contributed by atoms with Gasteiger partial charge in [0.1, 0.15) is 11.5 Å². The Morgan fingerprint density at radius 3 is 2.72 bits per heavy atom. The number of anilines is 1. The number of rotatable bonds is 3. The second-order valence-electron chi connectivity index (χ2n) is 7.50. The number of pyridine rings is 2. The highest BCUT2D eigenvalue weighted by Crippen LogP contribution is 2.33. The predicted molar refractivity (Wildman–Crippen MR) is 113 cm³/mol. The first kappa shape index (κ1) is 16.3. The number of piperidine rings is 1. The molecule has 5 aromatic rings. The van der Waals surface area contributed by atoms with Crippen LogP contribution < -0.4 is 4.90 Å². The largest absolute Gasteiger partial charge is 0.356 e. The van der Waals surface area contributed by atoms with Crippen molar-refractivity contribution in [3.05, 3.63) is 43.0 Å². The predicted octanol–water partition coefficient (Wildman–Crippen LogP) is 3.88. The van der Waals surface area contributed by atoms with Crippen molar-refractivity contribution in [1.29, 1.82) is 0 Å². The summed E-state index contributed by atoms with van der Waals surface area (Å²) in [7, 11) is 0. The van der Waals surface area contributed by atoms with Crippen molar-refractivity contribution in [2.45, 2.75) is 19.3 Å². The van der Waals surface area contributed by atoms with E-state index in [2.05, 4.69) is 41.3 Å². The highest BCUT2D eigenvalue weighted by molar-refractivity contribution is 5.99. The van der Waals surface area contributed by atoms with Crippen molar-refractivity contribution in [3.8, 4) is 22.6 Å². The number of fused-ring (bicyclic) bond motifs is 2. The molecular weight excluding hydrogens is 364 g/mol. The first-order valence-electron chi connectivity index (χ1n) is 9.93. The van der Waals surface area contributed by atoms with Crippen LogP contribution in [0.1, 0.15) is 19.3 Å². The summed E-state index contributed by atoms with van der Waals surface area (Å²) in [6, 6.07) is 6.24. The number of aromatic amines is 3. The van der Waals surface area contributed by atoms with Gasteiger partial charge in [0.15, 0.2) is 0 Å². The van der Waals surface area contributed by atoms with Crippen molar-refractivity contribution in [2.75, 3.05) is 18.0 Å². The topological polar surface area (TPSA) is 102 Å². The number of hydrogen-bond acceptors (Lipinski definition) is 5. The Balaban J connectivity index is 1.48. The molecule has 0 amide bonds. The van der Waals surface area contributed by atoms with Crippen LogP contribution in [-0.2, 0) is 0 Å². The molecule has 0 aliphatic carbocycles. The van der Waals surface area contributed by atoms with Gasteiger partial charge >= 0.3 is 0 Å². The average Bonchev–Trinajstić information content (AvgIpc) is 3.52. The smallest absolute Gasteiger partial charge is 0.137 e. The molecule has 29 heavy (non-hydrogen) atoms. The SMILES string of the molecule is c1cc2[nH]c(-c3n[nH]c4cnc(-c5cn[nH]c5)cc34)cc2c(N2CCCCC2)n1. The van der Waals surface area contributed by atoms with Gasteiger partial charge < -0.3 is 9.88 Å². The maximum atomic E-state index is 4.69. The minimum absolute atomic E-state index is 0.862. The lowest BCUT2D eigenvalue weighted by molar-refractivity contribution is 0.575. The summed E-state index contributed by atoms with van der Waals surface area (Å²) >= 11 is 0. The zero-order valence-corrected chi connectivity index (χ0v) is 15.8. The van der Waals surface area contributed by atoms with Gasteiger partial charge in [-0.1, -0.05) is 0 Å². The third-order valence-electron chi connectivity index (χ3n) is 5.68. The van der Waals surface area contributed by atoms with Crippen molar-refractivity contribution in [2.24, 2.45) is 0 Å². The Kier molecular flexibility index (Phi) is 3.62. The first-order valence-corrected chi connectivity index (χ1v) is 9.93. The molecule has 3 N–H and O–H groups in total. The van der Waals surface area contributed by atoms with Gasteiger partial charge in [-0.15, -0.1) is 0 Å². The van der Waals surface area contributed by atoms with Gasteiger partial charge in [0.25, 0.3) is 0 Å². The lowest BCUT2D eigenvalue weighted by atomic mass is 10.1. The molecule has 0 saturated carbocycles. The summed E-state index contributed by atoms with van der Waals surface area (Å²) in [6.07, 6.45) is 11.1. The molecule has 6 heterocycles. The summed E-state index contributed by atoms with van der Waals surface area (Å²) in [5.74, 6) is 1.06. The van der Waals surface area contributed by atoms with Crippen LogP contribution in [0.2, 0.25) is 0 Å². The van der Waals surface area contributed by atoms with E-state index in [1.165, 1.54) is 19.3 Å². The molecule has 1 aliphatic rings. The standard InChI is InChI=1S/C21H20N8/c1-2-6-29(7-3-1)21-15-9-18(26-16(15)4-5-22-21)20-14-8-17(13-10-24-25-11-13)23-12-19(14)27-28-20/h4-5,8-12,26H,1-3,6-7H2,(H,24,25)(H,27,28). The minimum atomic E-state index is 0.862. The molecule has 144 valence electrons. The molecule has 1 aliphatic heterocycles. The summed E-state index contributed by atoms with van der Waals surface area (Å²) < 4.78 is 0. The maximum absolute atomic E-state index is 4.69. The summed E-state index contributed by atoms with van der Waals surface area (Å²) in [6.45, 7) is 2.13. The third kappa shape index (κ3) is 2.67. The molecule has 1 saturated heterocycles. The average molecular weight is 384 g/mol. The Hall–Kier alpha value is -3.68. The van der Waals surface area contributed by atoms with E-state index in [1.54, 1.807) is 6.20 Å². The summed E-state index contributed by atoms with van der Waals surface area (Å²) in [5, 5.41) is 16.7. The van der Waals surface area contributed by atoms with E-state index >= 15 is 0 Å². The number of H-pyrrole nitrogens is 3. The Morgan fingerprint density at radius 1 is 0.931 bits per heavy atom. The van der Waals surface area contributed by atoms with Crippen LogP contribution in [0.15, 0.2) is 43.0 Å². The molecule has 8 heteroatoms. The molecule has 0 spiro atoms. The zero-order chi connectivity index (χ0) is 19.2. The highest BCUT2D eigenvalue weighted by atomic mass is 15.2. The van der Waals surface area contributed by atoms with Gasteiger partial charge in [-0.3, -0.25) is 15.2 Å². The van der Waals surface area contributed by atoms with Crippen LogP contribution in [0, 0.1) is 0 Å². The Labute approximate surface area is 166 Å². The van der Waals surface area contributed by atoms with E-state index < -0.39 is 0 Å². The van der Waals surface area contributed by atoms with Crippen LogP contribution in [0.3, 0.4) is 0 Å². The number of aromatic nitrogens is 7. The van der Waals surface area contributed by atoms with Crippen molar-refractivity contribution < 1.29 is 0 Å². The molecule has 0 bridgehead atoms. The first-order chi connectivity index (χ1) is 14.4. The molecule has 0 aromatic carbocycles. The molecule has 0 unspecified atom stereocenters. The van der Waals surface area contributed by atoms with Crippen molar-refractivity contribution >= 4 is 27.6 Å². The van der Waals surface area contributed by atoms with E-state index in [4.69, 9.17) is 4.98 Å². The Morgan fingerprint density at radius 2 is 1.86 bits per heavy atom. The monoisotopic (exact) mass is 384 g/mol. The number of nitrogens with zero attached hydrogens (tertiary/aromatic N) is 5. The molecular formula is C21H20N8. The Bertz CT molecular complexity index is 1290. The van der Waals surface area contributed by atoms with Crippen molar-refractivity contribution in [3.63, 3.8) is 0 Å². The molecule has 6 rings (SSSR count). The second-order valence-corrected chi connectivity index (χ2v) is 7.50. The number of nitrogens with one attached hydrogen (secondary N) is 3.